The molecule has 2 heterocycles. The zero-order chi connectivity index (χ0) is 14.7. The molecule has 4 heteroatoms. The maximum atomic E-state index is 5.80. The number of hydrogen-bond acceptors (Lipinski definition) is 3. The van der Waals surface area contributed by atoms with E-state index in [0.717, 1.165) is 24.4 Å². The van der Waals surface area contributed by atoms with Crippen molar-refractivity contribution in [1.29, 1.82) is 0 Å². The van der Waals surface area contributed by atoms with E-state index in [2.05, 4.69) is 45.7 Å². The van der Waals surface area contributed by atoms with Gasteiger partial charge in [-0.2, -0.15) is 0 Å². The molecule has 0 atom stereocenters. The quantitative estimate of drug-likeness (QED) is 0.781. The monoisotopic (exact) mass is 280 g/mol. The van der Waals surface area contributed by atoms with E-state index in [1.54, 1.807) is 0 Å². The van der Waals surface area contributed by atoms with Gasteiger partial charge in [0.15, 0.2) is 0 Å². The largest absolute Gasteiger partial charge is 0.326 e. The number of benzene rings is 1. The average Bonchev–Trinajstić information content (AvgIpc) is 2.89. The summed E-state index contributed by atoms with van der Waals surface area (Å²) in [5.74, 6) is 0. The standard InChI is InChI=1S/C17H20N4/c1-20(11-15-7-3-2-6-14(15)10-18)12-16-13-21-9-5-4-8-17(21)19-16/h2-9,13H,10-12,18H2,1H3. The van der Waals surface area contributed by atoms with Crippen molar-refractivity contribution in [2.45, 2.75) is 19.6 Å². The fraction of sp³-hybridized carbons (Fsp3) is 0.235. The third-order valence-corrected chi connectivity index (χ3v) is 3.62. The third-order valence-electron chi connectivity index (χ3n) is 3.62. The molecule has 108 valence electrons. The van der Waals surface area contributed by atoms with E-state index >= 15 is 0 Å². The first-order valence-electron chi connectivity index (χ1n) is 7.14. The van der Waals surface area contributed by atoms with Gasteiger partial charge in [0.25, 0.3) is 0 Å². The van der Waals surface area contributed by atoms with E-state index in [1.165, 1.54) is 11.1 Å². The van der Waals surface area contributed by atoms with E-state index in [1.807, 2.05) is 30.5 Å². The van der Waals surface area contributed by atoms with Crippen LogP contribution < -0.4 is 5.73 Å². The van der Waals surface area contributed by atoms with Crippen molar-refractivity contribution in [1.82, 2.24) is 14.3 Å². The highest BCUT2D eigenvalue weighted by atomic mass is 15.1. The first-order chi connectivity index (χ1) is 10.3. The number of fused-ring (bicyclic) bond motifs is 1. The molecule has 0 saturated carbocycles. The molecule has 3 rings (SSSR count). The highest BCUT2D eigenvalue weighted by Gasteiger charge is 2.07. The van der Waals surface area contributed by atoms with Gasteiger partial charge in [-0.05, 0) is 30.3 Å². The molecule has 0 aliphatic rings. The molecule has 0 saturated heterocycles. The summed E-state index contributed by atoms with van der Waals surface area (Å²) in [6.45, 7) is 2.28. The number of aromatic nitrogens is 2. The lowest BCUT2D eigenvalue weighted by atomic mass is 10.1. The van der Waals surface area contributed by atoms with Gasteiger partial charge in [-0.25, -0.2) is 4.98 Å². The second-order valence-corrected chi connectivity index (χ2v) is 5.34. The summed E-state index contributed by atoms with van der Waals surface area (Å²) >= 11 is 0. The van der Waals surface area contributed by atoms with Gasteiger partial charge in [0.05, 0.1) is 5.69 Å². The third kappa shape index (κ3) is 3.12. The highest BCUT2D eigenvalue weighted by molar-refractivity contribution is 5.39. The Labute approximate surface area is 124 Å². The highest BCUT2D eigenvalue weighted by Crippen LogP contribution is 2.13. The summed E-state index contributed by atoms with van der Waals surface area (Å²) in [4.78, 5) is 6.89. The Morgan fingerprint density at radius 2 is 1.81 bits per heavy atom. The average molecular weight is 280 g/mol. The molecule has 0 amide bonds. The van der Waals surface area contributed by atoms with Gasteiger partial charge in [-0.1, -0.05) is 30.3 Å². The summed E-state index contributed by atoms with van der Waals surface area (Å²) in [5.41, 5.74) is 10.4. The summed E-state index contributed by atoms with van der Waals surface area (Å²) < 4.78 is 2.05. The van der Waals surface area contributed by atoms with Gasteiger partial charge < -0.3 is 10.1 Å². The van der Waals surface area contributed by atoms with Crippen LogP contribution in [-0.4, -0.2) is 21.3 Å². The van der Waals surface area contributed by atoms with E-state index in [-0.39, 0.29) is 0 Å². The van der Waals surface area contributed by atoms with Gasteiger partial charge in [-0.3, -0.25) is 4.90 Å². The summed E-state index contributed by atoms with van der Waals surface area (Å²) in [5, 5.41) is 0. The van der Waals surface area contributed by atoms with Crippen LogP contribution in [0, 0.1) is 0 Å². The van der Waals surface area contributed by atoms with E-state index in [4.69, 9.17) is 5.73 Å². The number of imidazole rings is 1. The minimum atomic E-state index is 0.582. The van der Waals surface area contributed by atoms with Crippen molar-refractivity contribution < 1.29 is 0 Å². The molecule has 2 N–H and O–H groups in total. The van der Waals surface area contributed by atoms with Crippen LogP contribution in [-0.2, 0) is 19.6 Å². The van der Waals surface area contributed by atoms with Gasteiger partial charge >= 0.3 is 0 Å². The second-order valence-electron chi connectivity index (χ2n) is 5.34. The van der Waals surface area contributed by atoms with Gasteiger partial charge in [0.1, 0.15) is 5.65 Å². The maximum absolute atomic E-state index is 5.80. The molecule has 1 aromatic carbocycles. The van der Waals surface area contributed by atoms with Crippen LogP contribution in [0.1, 0.15) is 16.8 Å². The van der Waals surface area contributed by atoms with Crippen molar-refractivity contribution >= 4 is 5.65 Å². The molecule has 0 aliphatic heterocycles. The summed E-state index contributed by atoms with van der Waals surface area (Å²) in [7, 11) is 2.11. The van der Waals surface area contributed by atoms with Crippen LogP contribution in [0.25, 0.3) is 5.65 Å². The van der Waals surface area contributed by atoms with Crippen LogP contribution in [0.15, 0.2) is 54.9 Å². The zero-order valence-corrected chi connectivity index (χ0v) is 12.2. The zero-order valence-electron chi connectivity index (χ0n) is 12.2. The first kappa shape index (κ1) is 13.8. The molecule has 0 unspecified atom stereocenters. The van der Waals surface area contributed by atoms with Crippen molar-refractivity contribution in [3.63, 3.8) is 0 Å². The lowest BCUT2D eigenvalue weighted by Crippen LogP contribution is -2.19. The van der Waals surface area contributed by atoms with E-state index in [0.29, 0.717) is 6.54 Å². The maximum Gasteiger partial charge on any atom is 0.137 e. The molecule has 4 nitrogen and oxygen atoms in total. The molecule has 0 fully saturated rings. The predicted octanol–water partition coefficient (Wildman–Crippen LogP) is 2.43. The normalized spacial score (nSPS) is 11.4. The van der Waals surface area contributed by atoms with Crippen molar-refractivity contribution in [3.05, 3.63) is 71.7 Å². The van der Waals surface area contributed by atoms with E-state index in [9.17, 15) is 0 Å². The van der Waals surface area contributed by atoms with Crippen molar-refractivity contribution in [2.75, 3.05) is 7.05 Å². The van der Waals surface area contributed by atoms with Crippen molar-refractivity contribution in [3.8, 4) is 0 Å². The molecule has 21 heavy (non-hydrogen) atoms. The van der Waals surface area contributed by atoms with Crippen LogP contribution in [0.3, 0.4) is 0 Å². The predicted molar refractivity (Wildman–Crippen MR) is 84.7 cm³/mol. The van der Waals surface area contributed by atoms with Crippen molar-refractivity contribution in [2.24, 2.45) is 5.73 Å². The fourth-order valence-electron chi connectivity index (χ4n) is 2.60. The minimum Gasteiger partial charge on any atom is -0.326 e. The van der Waals surface area contributed by atoms with Crippen LogP contribution in [0.4, 0.5) is 0 Å². The Morgan fingerprint density at radius 3 is 2.57 bits per heavy atom. The molecule has 3 aromatic rings. The molecule has 0 aliphatic carbocycles. The Bertz CT molecular complexity index is 699. The summed E-state index contributed by atoms with van der Waals surface area (Å²) in [6, 6.07) is 14.4. The summed E-state index contributed by atoms with van der Waals surface area (Å²) in [6.07, 6.45) is 4.11. The number of hydrogen-bond donors (Lipinski definition) is 1. The van der Waals surface area contributed by atoms with Gasteiger partial charge in [0, 0.05) is 32.0 Å². The molecular formula is C17H20N4. The molecular weight excluding hydrogens is 260 g/mol. The Balaban J connectivity index is 1.72. The lowest BCUT2D eigenvalue weighted by molar-refractivity contribution is 0.314. The van der Waals surface area contributed by atoms with Crippen LogP contribution in [0.5, 0.6) is 0 Å². The number of pyridine rings is 1. The Morgan fingerprint density at radius 1 is 1.05 bits per heavy atom. The number of rotatable bonds is 5. The van der Waals surface area contributed by atoms with Gasteiger partial charge in [0.2, 0.25) is 0 Å². The SMILES string of the molecule is CN(Cc1cn2ccccc2n1)Cc1ccccc1CN. The minimum absolute atomic E-state index is 0.582. The molecule has 0 spiro atoms. The molecule has 2 aromatic heterocycles. The lowest BCUT2D eigenvalue weighted by Gasteiger charge is -2.17. The Kier molecular flexibility index (Phi) is 3.99. The van der Waals surface area contributed by atoms with Gasteiger partial charge in [-0.15, -0.1) is 0 Å². The van der Waals surface area contributed by atoms with E-state index < -0.39 is 0 Å². The number of nitrogens with zero attached hydrogens (tertiary/aromatic N) is 3. The molecule has 0 radical (unpaired) electrons. The smallest absolute Gasteiger partial charge is 0.137 e. The Hall–Kier alpha value is -2.17. The number of nitrogens with two attached hydrogens (primary N) is 1. The van der Waals surface area contributed by atoms with Crippen LogP contribution in [0.2, 0.25) is 0 Å². The first-order valence-corrected chi connectivity index (χ1v) is 7.14. The van der Waals surface area contributed by atoms with Crippen LogP contribution >= 0.6 is 0 Å². The molecule has 0 bridgehead atoms. The fourth-order valence-corrected chi connectivity index (χ4v) is 2.60. The topological polar surface area (TPSA) is 46.6 Å². The second kappa shape index (κ2) is 6.08.